The van der Waals surface area contributed by atoms with Crippen LogP contribution in [0.2, 0.25) is 0 Å². The van der Waals surface area contributed by atoms with Gasteiger partial charge in [-0.1, -0.05) is 6.92 Å². The van der Waals surface area contributed by atoms with Crippen molar-refractivity contribution < 1.29 is 28.3 Å². The van der Waals surface area contributed by atoms with E-state index in [0.29, 0.717) is 0 Å². The van der Waals surface area contributed by atoms with Crippen molar-refractivity contribution in [2.45, 2.75) is 38.6 Å². The highest BCUT2D eigenvalue weighted by molar-refractivity contribution is 7.55. The fourth-order valence-electron chi connectivity index (χ4n) is 1.77. The first-order chi connectivity index (χ1) is 8.43. The fraction of sp³-hybridized carbons (Fsp3) is 0.727. The highest BCUT2D eigenvalue weighted by Gasteiger charge is 2.56. The third-order valence-electron chi connectivity index (χ3n) is 2.70. The number of hydrogen-bond acceptors (Lipinski definition) is 6. The quantitative estimate of drug-likeness (QED) is 0.565. The molecule has 0 unspecified atom stereocenters. The third kappa shape index (κ3) is 2.67. The average Bonchev–Trinajstić information content (AvgIpc) is 2.75. The Bertz CT molecular complexity index is 370. The number of rotatable bonds is 7. The van der Waals surface area contributed by atoms with Crippen LogP contribution in [0.5, 0.6) is 0 Å². The lowest BCUT2D eigenvalue weighted by molar-refractivity contribution is -0.145. The van der Waals surface area contributed by atoms with Crippen molar-refractivity contribution in [1.82, 2.24) is 0 Å². The Morgan fingerprint density at radius 3 is 2.28 bits per heavy atom. The van der Waals surface area contributed by atoms with Crippen LogP contribution in [0.4, 0.5) is 0 Å². The minimum absolute atomic E-state index is 0.0760. The van der Waals surface area contributed by atoms with E-state index in [-0.39, 0.29) is 19.6 Å². The summed E-state index contributed by atoms with van der Waals surface area (Å²) < 4.78 is 27.8. The maximum atomic E-state index is 12.6. The van der Waals surface area contributed by atoms with Crippen molar-refractivity contribution in [3.05, 3.63) is 12.2 Å². The highest BCUT2D eigenvalue weighted by Crippen LogP contribution is 2.62. The normalized spacial score (nSPS) is 22.9. The van der Waals surface area contributed by atoms with E-state index in [1.807, 2.05) is 0 Å². The Morgan fingerprint density at radius 2 is 1.94 bits per heavy atom. The predicted octanol–water partition coefficient (Wildman–Crippen LogP) is 1.83. The van der Waals surface area contributed by atoms with Crippen LogP contribution in [0, 0.1) is 0 Å². The number of carbonyl (C=O) groups is 1. The zero-order valence-electron chi connectivity index (χ0n) is 10.8. The van der Waals surface area contributed by atoms with Crippen LogP contribution in [0.3, 0.4) is 0 Å². The smallest absolute Gasteiger partial charge is 0.366 e. The molecule has 0 aromatic carbocycles. The Hall–Kier alpha value is -0.680. The molecule has 0 radical (unpaired) electrons. The molecular weight excluding hydrogens is 259 g/mol. The van der Waals surface area contributed by atoms with E-state index in [1.165, 1.54) is 12.2 Å². The van der Waals surface area contributed by atoms with Crippen molar-refractivity contribution >= 4 is 13.6 Å². The molecule has 1 aliphatic heterocycles. The number of aliphatic hydroxyl groups is 1. The predicted molar refractivity (Wildman–Crippen MR) is 65.1 cm³/mol. The first-order valence-corrected chi connectivity index (χ1v) is 7.48. The number of ether oxygens (including phenoxy) is 1. The van der Waals surface area contributed by atoms with Crippen molar-refractivity contribution in [1.29, 1.82) is 0 Å². The molecule has 18 heavy (non-hydrogen) atoms. The third-order valence-corrected chi connectivity index (χ3v) is 5.41. The molecule has 104 valence electrons. The summed E-state index contributed by atoms with van der Waals surface area (Å²) >= 11 is 0. The molecule has 0 bridgehead atoms. The molecule has 6 nitrogen and oxygen atoms in total. The Morgan fingerprint density at radius 1 is 1.39 bits per heavy atom. The molecule has 1 N–H and O–H groups in total. The van der Waals surface area contributed by atoms with Crippen LogP contribution in [-0.2, 0) is 23.1 Å². The molecular formula is C11H19O6P. The van der Waals surface area contributed by atoms with Crippen molar-refractivity contribution in [3.63, 3.8) is 0 Å². The molecule has 2 atom stereocenters. The molecule has 0 aromatic heterocycles. The summed E-state index contributed by atoms with van der Waals surface area (Å²) in [4.78, 5) is 11.1. The van der Waals surface area contributed by atoms with E-state index in [1.54, 1.807) is 20.8 Å². The van der Waals surface area contributed by atoms with E-state index < -0.39 is 25.0 Å². The van der Waals surface area contributed by atoms with E-state index in [4.69, 9.17) is 13.8 Å². The molecule has 0 fully saturated rings. The number of hydrogen-bond donors (Lipinski definition) is 1. The standard InChI is InChI=1S/C11H19O6P/c1-4-11(13,9-7-8-10(12)17-9)18(14,15-5-2)16-6-3/h7-9,13H,4-6H2,1-3H3/t9-,11-/m1/s1. The molecule has 0 saturated heterocycles. The SMILES string of the molecule is CCOP(=O)(OCC)[C@](O)(CC)[C@H]1C=CC(=O)O1. The van der Waals surface area contributed by atoms with Crippen molar-refractivity contribution in [2.75, 3.05) is 13.2 Å². The van der Waals surface area contributed by atoms with Gasteiger partial charge in [0.15, 0.2) is 6.10 Å². The first-order valence-electron chi connectivity index (χ1n) is 5.94. The van der Waals surface area contributed by atoms with Gasteiger partial charge in [-0.05, 0) is 26.3 Å². The largest absolute Gasteiger partial charge is 0.451 e. The minimum atomic E-state index is -3.79. The van der Waals surface area contributed by atoms with Gasteiger partial charge in [0.1, 0.15) is 0 Å². The van der Waals surface area contributed by atoms with Gasteiger partial charge >= 0.3 is 13.6 Å². The molecule has 1 heterocycles. The number of esters is 1. The molecule has 1 aliphatic rings. The minimum Gasteiger partial charge on any atom is -0.451 e. The molecule has 1 rings (SSSR count). The second kappa shape index (κ2) is 5.97. The molecule has 0 aromatic rings. The van der Waals surface area contributed by atoms with Gasteiger partial charge in [0.2, 0.25) is 5.34 Å². The Kier molecular flexibility index (Phi) is 5.10. The Balaban J connectivity index is 3.07. The topological polar surface area (TPSA) is 82.1 Å². The van der Waals surface area contributed by atoms with Crippen LogP contribution in [0.15, 0.2) is 12.2 Å². The van der Waals surface area contributed by atoms with Crippen molar-refractivity contribution in [2.24, 2.45) is 0 Å². The van der Waals surface area contributed by atoms with E-state index >= 15 is 0 Å². The summed E-state index contributed by atoms with van der Waals surface area (Å²) in [5.74, 6) is -0.577. The zero-order valence-corrected chi connectivity index (χ0v) is 11.7. The number of carbonyl (C=O) groups excluding carboxylic acids is 1. The summed E-state index contributed by atoms with van der Waals surface area (Å²) in [5, 5.41) is 8.72. The lowest BCUT2D eigenvalue weighted by Crippen LogP contribution is -2.42. The van der Waals surface area contributed by atoms with Crippen molar-refractivity contribution in [3.8, 4) is 0 Å². The second-order valence-corrected chi connectivity index (χ2v) is 6.07. The fourth-order valence-corrected chi connectivity index (χ4v) is 3.81. The lowest BCUT2D eigenvalue weighted by Gasteiger charge is -2.36. The zero-order chi connectivity index (χ0) is 13.8. The summed E-state index contributed by atoms with van der Waals surface area (Å²) in [5.41, 5.74) is 0. The van der Waals surface area contributed by atoms with Gasteiger partial charge in [0, 0.05) is 6.08 Å². The summed E-state index contributed by atoms with van der Waals surface area (Å²) in [6.45, 7) is 5.19. The van der Waals surface area contributed by atoms with Crippen LogP contribution >= 0.6 is 7.60 Å². The molecule has 0 saturated carbocycles. The van der Waals surface area contributed by atoms with E-state index in [0.717, 1.165) is 0 Å². The van der Waals surface area contributed by atoms with E-state index in [9.17, 15) is 14.5 Å². The molecule has 0 amide bonds. The van der Waals surface area contributed by atoms with Gasteiger partial charge in [-0.2, -0.15) is 0 Å². The van der Waals surface area contributed by atoms with Gasteiger partial charge in [0.05, 0.1) is 13.2 Å². The maximum absolute atomic E-state index is 12.6. The van der Waals surface area contributed by atoms with Crippen LogP contribution < -0.4 is 0 Å². The van der Waals surface area contributed by atoms with Gasteiger partial charge in [-0.25, -0.2) is 4.79 Å². The lowest BCUT2D eigenvalue weighted by atomic mass is 10.1. The van der Waals surface area contributed by atoms with Crippen LogP contribution in [0.25, 0.3) is 0 Å². The average molecular weight is 278 g/mol. The molecule has 7 heteroatoms. The monoisotopic (exact) mass is 278 g/mol. The van der Waals surface area contributed by atoms with E-state index in [2.05, 4.69) is 0 Å². The van der Waals surface area contributed by atoms with Crippen LogP contribution in [0.1, 0.15) is 27.2 Å². The van der Waals surface area contributed by atoms with Gasteiger partial charge in [0.25, 0.3) is 0 Å². The van der Waals surface area contributed by atoms with Gasteiger partial charge in [-0.3, -0.25) is 4.57 Å². The highest BCUT2D eigenvalue weighted by atomic mass is 31.2. The number of cyclic esters (lactones) is 1. The summed E-state index contributed by atoms with van der Waals surface area (Å²) in [6.07, 6.45) is 1.62. The summed E-state index contributed by atoms with van der Waals surface area (Å²) in [6, 6.07) is 0. The molecule has 0 spiro atoms. The Labute approximate surface area is 106 Å². The van der Waals surface area contributed by atoms with Gasteiger partial charge in [-0.15, -0.1) is 0 Å². The maximum Gasteiger partial charge on any atom is 0.366 e. The second-order valence-electron chi connectivity index (χ2n) is 3.78. The summed E-state index contributed by atoms with van der Waals surface area (Å²) in [7, 11) is -3.79. The first kappa shape index (κ1) is 15.4. The molecule has 0 aliphatic carbocycles. The van der Waals surface area contributed by atoms with Gasteiger partial charge < -0.3 is 18.9 Å². The van der Waals surface area contributed by atoms with Crippen LogP contribution in [-0.4, -0.2) is 35.7 Å².